The summed E-state index contributed by atoms with van der Waals surface area (Å²) in [5, 5.41) is 0. The van der Waals surface area contributed by atoms with E-state index in [1.165, 1.54) is 6.42 Å². The molecule has 0 amide bonds. The van der Waals surface area contributed by atoms with Crippen LogP contribution in [0.4, 0.5) is 0 Å². The van der Waals surface area contributed by atoms with Crippen LogP contribution < -0.4 is 4.74 Å². The molecule has 1 aromatic rings. The number of likely N-dealkylation sites (tertiary alicyclic amines) is 1. The molecule has 6 nitrogen and oxygen atoms in total. The topological polar surface area (TPSA) is 50.7 Å². The highest BCUT2D eigenvalue weighted by Gasteiger charge is 2.33. The van der Waals surface area contributed by atoms with Gasteiger partial charge in [-0.3, -0.25) is 14.8 Å². The van der Waals surface area contributed by atoms with Crippen molar-refractivity contribution in [1.82, 2.24) is 19.8 Å². The zero-order valence-corrected chi connectivity index (χ0v) is 12.9. The van der Waals surface area contributed by atoms with Gasteiger partial charge in [0.25, 0.3) is 0 Å². The van der Waals surface area contributed by atoms with E-state index in [1.807, 2.05) is 6.20 Å². The molecule has 2 atom stereocenters. The SMILES string of the molecule is COc1cncc(CN2CC(N3CCOCC3)CC2C)n1. The van der Waals surface area contributed by atoms with Gasteiger partial charge in [-0.05, 0) is 13.3 Å². The van der Waals surface area contributed by atoms with Crippen molar-refractivity contribution in [2.75, 3.05) is 40.0 Å². The van der Waals surface area contributed by atoms with Gasteiger partial charge >= 0.3 is 0 Å². The van der Waals surface area contributed by atoms with E-state index in [0.717, 1.165) is 45.1 Å². The maximum Gasteiger partial charge on any atom is 0.232 e. The van der Waals surface area contributed by atoms with Crippen molar-refractivity contribution < 1.29 is 9.47 Å². The summed E-state index contributed by atoms with van der Waals surface area (Å²) in [6.07, 6.45) is 4.70. The van der Waals surface area contributed by atoms with Gasteiger partial charge in [-0.15, -0.1) is 0 Å². The number of morpholine rings is 1. The molecule has 116 valence electrons. The van der Waals surface area contributed by atoms with Crippen LogP contribution in [0.15, 0.2) is 12.4 Å². The first-order valence-corrected chi connectivity index (χ1v) is 7.67. The standard InChI is InChI=1S/C15H24N4O2/c1-12-7-14(18-3-5-21-6-4-18)11-19(12)10-13-8-16-9-15(17-13)20-2/h8-9,12,14H,3-7,10-11H2,1-2H3. The number of aromatic nitrogens is 2. The first-order chi connectivity index (χ1) is 10.3. The highest BCUT2D eigenvalue weighted by atomic mass is 16.5. The smallest absolute Gasteiger partial charge is 0.232 e. The summed E-state index contributed by atoms with van der Waals surface area (Å²) in [6.45, 7) is 8.09. The molecule has 0 radical (unpaired) electrons. The second kappa shape index (κ2) is 6.68. The van der Waals surface area contributed by atoms with E-state index in [9.17, 15) is 0 Å². The highest BCUT2D eigenvalue weighted by molar-refractivity contribution is 5.08. The lowest BCUT2D eigenvalue weighted by molar-refractivity contribution is 0.0183. The van der Waals surface area contributed by atoms with Crippen LogP contribution >= 0.6 is 0 Å². The van der Waals surface area contributed by atoms with Crippen LogP contribution in [0.25, 0.3) is 0 Å². The Hall–Kier alpha value is -1.24. The lowest BCUT2D eigenvalue weighted by Crippen LogP contribution is -2.44. The van der Waals surface area contributed by atoms with Gasteiger partial charge in [-0.25, -0.2) is 4.98 Å². The van der Waals surface area contributed by atoms with Crippen molar-refractivity contribution >= 4 is 0 Å². The van der Waals surface area contributed by atoms with Gasteiger partial charge in [0.2, 0.25) is 5.88 Å². The maximum atomic E-state index is 5.45. The third-order valence-electron chi connectivity index (χ3n) is 4.48. The summed E-state index contributed by atoms with van der Waals surface area (Å²) in [5.41, 5.74) is 0.976. The summed E-state index contributed by atoms with van der Waals surface area (Å²) in [4.78, 5) is 13.7. The van der Waals surface area contributed by atoms with Crippen molar-refractivity contribution in [3.05, 3.63) is 18.1 Å². The van der Waals surface area contributed by atoms with Gasteiger partial charge in [0.15, 0.2) is 0 Å². The zero-order valence-electron chi connectivity index (χ0n) is 12.9. The highest BCUT2D eigenvalue weighted by Crippen LogP contribution is 2.24. The van der Waals surface area contributed by atoms with Crippen molar-refractivity contribution in [2.24, 2.45) is 0 Å². The molecule has 3 rings (SSSR count). The Bertz CT molecular complexity index is 465. The Morgan fingerprint density at radius 3 is 2.90 bits per heavy atom. The Morgan fingerprint density at radius 2 is 2.14 bits per heavy atom. The number of methoxy groups -OCH3 is 1. The maximum absolute atomic E-state index is 5.45. The Labute approximate surface area is 126 Å². The van der Waals surface area contributed by atoms with Crippen molar-refractivity contribution in [2.45, 2.75) is 32.0 Å². The molecule has 3 heterocycles. The molecule has 2 aliphatic rings. The van der Waals surface area contributed by atoms with E-state index in [2.05, 4.69) is 26.7 Å². The monoisotopic (exact) mass is 292 g/mol. The minimum absolute atomic E-state index is 0.575. The third-order valence-corrected chi connectivity index (χ3v) is 4.48. The van der Waals surface area contributed by atoms with E-state index >= 15 is 0 Å². The molecule has 2 saturated heterocycles. The van der Waals surface area contributed by atoms with Crippen LogP contribution in [0.2, 0.25) is 0 Å². The summed E-state index contributed by atoms with van der Waals surface area (Å²) >= 11 is 0. The molecule has 0 aliphatic carbocycles. The molecule has 6 heteroatoms. The van der Waals surface area contributed by atoms with Crippen LogP contribution in [-0.2, 0) is 11.3 Å². The summed E-state index contributed by atoms with van der Waals surface area (Å²) < 4.78 is 10.6. The molecule has 0 saturated carbocycles. The van der Waals surface area contributed by atoms with E-state index < -0.39 is 0 Å². The zero-order chi connectivity index (χ0) is 14.7. The molecule has 0 bridgehead atoms. The van der Waals surface area contributed by atoms with E-state index in [1.54, 1.807) is 13.3 Å². The predicted molar refractivity (Wildman–Crippen MR) is 79.3 cm³/mol. The van der Waals surface area contributed by atoms with Crippen molar-refractivity contribution in [3.8, 4) is 5.88 Å². The van der Waals surface area contributed by atoms with Gasteiger partial charge < -0.3 is 9.47 Å². The first-order valence-electron chi connectivity index (χ1n) is 7.67. The van der Waals surface area contributed by atoms with Gasteiger partial charge in [0.05, 0.1) is 32.2 Å². The second-order valence-electron chi connectivity index (χ2n) is 5.87. The number of hydrogen-bond donors (Lipinski definition) is 0. The first kappa shape index (κ1) is 14.7. The van der Waals surface area contributed by atoms with Crippen LogP contribution in [0, 0.1) is 0 Å². The molecular weight excluding hydrogens is 268 g/mol. The minimum Gasteiger partial charge on any atom is -0.480 e. The normalized spacial score (nSPS) is 27.9. The lowest BCUT2D eigenvalue weighted by Gasteiger charge is -2.32. The predicted octanol–water partition coefficient (Wildman–Crippen LogP) is 0.780. The third kappa shape index (κ3) is 3.51. The summed E-state index contributed by atoms with van der Waals surface area (Å²) in [6, 6.07) is 1.22. The van der Waals surface area contributed by atoms with Crippen LogP contribution in [0.5, 0.6) is 5.88 Å². The molecule has 0 spiro atoms. The molecular formula is C15H24N4O2. The summed E-state index contributed by atoms with van der Waals surface area (Å²) in [7, 11) is 1.63. The van der Waals surface area contributed by atoms with Crippen LogP contribution in [0.1, 0.15) is 19.0 Å². The largest absolute Gasteiger partial charge is 0.480 e. The fourth-order valence-electron chi connectivity index (χ4n) is 3.26. The molecule has 21 heavy (non-hydrogen) atoms. The fourth-order valence-corrected chi connectivity index (χ4v) is 3.26. The lowest BCUT2D eigenvalue weighted by atomic mass is 10.1. The summed E-state index contributed by atoms with van der Waals surface area (Å²) in [5.74, 6) is 0.587. The van der Waals surface area contributed by atoms with Gasteiger partial charge in [0.1, 0.15) is 0 Å². The number of rotatable bonds is 4. The minimum atomic E-state index is 0.575. The molecule has 0 N–H and O–H groups in total. The molecule has 2 fully saturated rings. The van der Waals surface area contributed by atoms with Gasteiger partial charge in [-0.2, -0.15) is 0 Å². The molecule has 0 aromatic carbocycles. The van der Waals surface area contributed by atoms with Crippen molar-refractivity contribution in [1.29, 1.82) is 0 Å². The van der Waals surface area contributed by atoms with E-state index in [4.69, 9.17) is 9.47 Å². The fraction of sp³-hybridized carbons (Fsp3) is 0.733. The number of hydrogen-bond acceptors (Lipinski definition) is 6. The second-order valence-corrected chi connectivity index (χ2v) is 5.87. The van der Waals surface area contributed by atoms with Crippen LogP contribution in [-0.4, -0.2) is 71.8 Å². The average Bonchev–Trinajstić information content (AvgIpc) is 2.89. The molecule has 2 aliphatic heterocycles. The Kier molecular flexibility index (Phi) is 4.67. The molecule has 2 unspecified atom stereocenters. The van der Waals surface area contributed by atoms with Crippen LogP contribution in [0.3, 0.4) is 0 Å². The quantitative estimate of drug-likeness (QED) is 0.817. The number of nitrogens with zero attached hydrogens (tertiary/aromatic N) is 4. The van der Waals surface area contributed by atoms with Gasteiger partial charge in [-0.1, -0.05) is 0 Å². The van der Waals surface area contributed by atoms with Crippen molar-refractivity contribution in [3.63, 3.8) is 0 Å². The van der Waals surface area contributed by atoms with E-state index in [-0.39, 0.29) is 0 Å². The Balaban J connectivity index is 1.60. The van der Waals surface area contributed by atoms with E-state index in [0.29, 0.717) is 18.0 Å². The van der Waals surface area contributed by atoms with Gasteiger partial charge in [0, 0.05) is 44.5 Å². The molecule has 1 aromatic heterocycles. The average molecular weight is 292 g/mol. The Morgan fingerprint density at radius 1 is 1.33 bits per heavy atom. The number of ether oxygens (including phenoxy) is 2.